The van der Waals surface area contributed by atoms with Crippen LogP contribution in [0.1, 0.15) is 26.0 Å². The summed E-state index contributed by atoms with van der Waals surface area (Å²) in [5.74, 6) is 2.78. The van der Waals surface area contributed by atoms with Crippen LogP contribution in [0.25, 0.3) is 11.5 Å². The highest BCUT2D eigenvalue weighted by molar-refractivity contribution is 8.00. The number of aromatic nitrogens is 1. The number of benzene rings is 1. The first-order valence-electron chi connectivity index (χ1n) is 8.94. The SMILES string of the molecule is CCNC(=NCc1coc(-c2ccccc2)n1)N1CCSC(CC)C1. The number of hydrogen-bond donors (Lipinski definition) is 1. The van der Waals surface area contributed by atoms with Crippen LogP contribution in [-0.4, -0.2) is 46.5 Å². The van der Waals surface area contributed by atoms with E-state index >= 15 is 0 Å². The van der Waals surface area contributed by atoms with Crippen LogP contribution in [0.5, 0.6) is 0 Å². The molecular weight excluding hydrogens is 332 g/mol. The highest BCUT2D eigenvalue weighted by Gasteiger charge is 2.21. The van der Waals surface area contributed by atoms with Crippen LogP contribution in [0.3, 0.4) is 0 Å². The Morgan fingerprint density at radius 1 is 1.36 bits per heavy atom. The molecule has 0 spiro atoms. The number of oxazole rings is 1. The zero-order chi connectivity index (χ0) is 17.5. The molecule has 1 fully saturated rings. The van der Waals surface area contributed by atoms with E-state index in [1.54, 1.807) is 6.26 Å². The fraction of sp³-hybridized carbons (Fsp3) is 0.474. The lowest BCUT2D eigenvalue weighted by Crippen LogP contribution is -2.48. The summed E-state index contributed by atoms with van der Waals surface area (Å²) in [4.78, 5) is 11.7. The van der Waals surface area contributed by atoms with Crippen LogP contribution >= 0.6 is 11.8 Å². The molecule has 0 aliphatic carbocycles. The zero-order valence-corrected chi connectivity index (χ0v) is 15.8. The molecule has 6 heteroatoms. The Balaban J connectivity index is 1.68. The van der Waals surface area contributed by atoms with Gasteiger partial charge in [-0.05, 0) is 25.5 Å². The molecule has 134 valence electrons. The van der Waals surface area contributed by atoms with Crippen molar-refractivity contribution in [1.82, 2.24) is 15.2 Å². The molecule has 2 heterocycles. The molecule has 0 saturated carbocycles. The maximum Gasteiger partial charge on any atom is 0.226 e. The van der Waals surface area contributed by atoms with Crippen molar-refractivity contribution in [2.24, 2.45) is 4.99 Å². The van der Waals surface area contributed by atoms with Gasteiger partial charge < -0.3 is 14.6 Å². The molecule has 1 unspecified atom stereocenters. The number of aliphatic imine (C=N–C) groups is 1. The third-order valence-electron chi connectivity index (χ3n) is 4.19. The summed E-state index contributed by atoms with van der Waals surface area (Å²) in [6.07, 6.45) is 2.90. The van der Waals surface area contributed by atoms with Gasteiger partial charge in [0.05, 0.1) is 6.54 Å². The lowest BCUT2D eigenvalue weighted by Gasteiger charge is -2.34. The van der Waals surface area contributed by atoms with Crippen molar-refractivity contribution in [1.29, 1.82) is 0 Å². The summed E-state index contributed by atoms with van der Waals surface area (Å²) < 4.78 is 5.61. The van der Waals surface area contributed by atoms with E-state index in [9.17, 15) is 0 Å². The van der Waals surface area contributed by atoms with Crippen LogP contribution < -0.4 is 5.32 Å². The van der Waals surface area contributed by atoms with Gasteiger partial charge in [-0.15, -0.1) is 0 Å². The van der Waals surface area contributed by atoms with Crippen LogP contribution in [0, 0.1) is 0 Å². The van der Waals surface area contributed by atoms with E-state index in [-0.39, 0.29) is 0 Å². The second-order valence-electron chi connectivity index (χ2n) is 6.03. The first-order valence-corrected chi connectivity index (χ1v) is 9.99. The van der Waals surface area contributed by atoms with Crippen LogP contribution in [0.2, 0.25) is 0 Å². The third-order valence-corrected chi connectivity index (χ3v) is 5.56. The average molecular weight is 359 g/mol. The fourth-order valence-corrected chi connectivity index (χ4v) is 4.01. The minimum absolute atomic E-state index is 0.527. The zero-order valence-electron chi connectivity index (χ0n) is 14.9. The Labute approximate surface area is 153 Å². The first kappa shape index (κ1) is 17.9. The summed E-state index contributed by atoms with van der Waals surface area (Å²) in [5.41, 5.74) is 1.84. The fourth-order valence-electron chi connectivity index (χ4n) is 2.83. The number of nitrogens with one attached hydrogen (secondary N) is 1. The van der Waals surface area contributed by atoms with Gasteiger partial charge in [0, 0.05) is 36.2 Å². The van der Waals surface area contributed by atoms with Crippen LogP contribution in [0.4, 0.5) is 0 Å². The molecule has 25 heavy (non-hydrogen) atoms. The number of rotatable bonds is 5. The largest absolute Gasteiger partial charge is 0.444 e. The lowest BCUT2D eigenvalue weighted by atomic mass is 10.2. The van der Waals surface area contributed by atoms with Gasteiger partial charge in [-0.2, -0.15) is 11.8 Å². The molecule has 1 aromatic carbocycles. The van der Waals surface area contributed by atoms with E-state index < -0.39 is 0 Å². The second kappa shape index (κ2) is 8.94. The molecule has 0 bridgehead atoms. The van der Waals surface area contributed by atoms with E-state index in [0.29, 0.717) is 17.7 Å². The van der Waals surface area contributed by atoms with Gasteiger partial charge in [0.2, 0.25) is 5.89 Å². The predicted molar refractivity (Wildman–Crippen MR) is 105 cm³/mol. The van der Waals surface area contributed by atoms with Crippen molar-refractivity contribution in [3.63, 3.8) is 0 Å². The van der Waals surface area contributed by atoms with Gasteiger partial charge in [0.25, 0.3) is 0 Å². The predicted octanol–water partition coefficient (Wildman–Crippen LogP) is 3.63. The molecule has 2 aromatic rings. The smallest absolute Gasteiger partial charge is 0.226 e. The Hall–Kier alpha value is -1.95. The molecule has 5 nitrogen and oxygen atoms in total. The van der Waals surface area contributed by atoms with Gasteiger partial charge in [0.1, 0.15) is 12.0 Å². The normalized spacial score (nSPS) is 18.4. The summed E-state index contributed by atoms with van der Waals surface area (Å²) in [7, 11) is 0. The Morgan fingerprint density at radius 3 is 2.96 bits per heavy atom. The highest BCUT2D eigenvalue weighted by atomic mass is 32.2. The molecule has 0 radical (unpaired) electrons. The topological polar surface area (TPSA) is 53.7 Å². The molecule has 1 saturated heterocycles. The first-order chi connectivity index (χ1) is 12.3. The van der Waals surface area contributed by atoms with Gasteiger partial charge in [0.15, 0.2) is 5.96 Å². The van der Waals surface area contributed by atoms with Crippen molar-refractivity contribution >= 4 is 17.7 Å². The molecule has 3 rings (SSSR count). The summed E-state index contributed by atoms with van der Waals surface area (Å²) >= 11 is 2.07. The van der Waals surface area contributed by atoms with Gasteiger partial charge in [-0.25, -0.2) is 9.98 Å². The summed E-state index contributed by atoms with van der Waals surface area (Å²) in [6, 6.07) is 9.96. The lowest BCUT2D eigenvalue weighted by molar-refractivity contribution is 0.408. The molecule has 1 atom stereocenters. The monoisotopic (exact) mass is 358 g/mol. The number of nitrogens with zero attached hydrogens (tertiary/aromatic N) is 3. The van der Waals surface area contributed by atoms with Crippen molar-refractivity contribution in [3.8, 4) is 11.5 Å². The Morgan fingerprint density at radius 2 is 2.20 bits per heavy atom. The van der Waals surface area contributed by atoms with Crippen molar-refractivity contribution in [2.75, 3.05) is 25.4 Å². The highest BCUT2D eigenvalue weighted by Crippen LogP contribution is 2.21. The van der Waals surface area contributed by atoms with Gasteiger partial charge >= 0.3 is 0 Å². The quantitative estimate of drug-likeness (QED) is 0.653. The van der Waals surface area contributed by atoms with E-state index in [2.05, 4.69) is 40.8 Å². The van der Waals surface area contributed by atoms with Crippen molar-refractivity contribution in [2.45, 2.75) is 32.1 Å². The van der Waals surface area contributed by atoms with E-state index in [1.165, 1.54) is 6.42 Å². The van der Waals surface area contributed by atoms with Crippen molar-refractivity contribution in [3.05, 3.63) is 42.3 Å². The summed E-state index contributed by atoms with van der Waals surface area (Å²) in [6.45, 7) is 7.86. The maximum atomic E-state index is 5.61. The molecule has 1 aliphatic heterocycles. The molecule has 0 amide bonds. The maximum absolute atomic E-state index is 5.61. The Kier molecular flexibility index (Phi) is 6.39. The minimum atomic E-state index is 0.527. The van der Waals surface area contributed by atoms with Gasteiger partial charge in [-0.1, -0.05) is 25.1 Å². The van der Waals surface area contributed by atoms with Crippen LogP contribution in [-0.2, 0) is 6.54 Å². The second-order valence-corrected chi connectivity index (χ2v) is 7.44. The van der Waals surface area contributed by atoms with Gasteiger partial charge in [-0.3, -0.25) is 0 Å². The van der Waals surface area contributed by atoms with E-state index in [4.69, 9.17) is 9.41 Å². The number of hydrogen-bond acceptors (Lipinski definition) is 4. The van der Waals surface area contributed by atoms with Crippen molar-refractivity contribution < 1.29 is 4.42 Å². The standard InChI is InChI=1S/C19H26N4OS/c1-3-17-13-23(10-11-25-17)19(20-4-2)21-12-16-14-24-18(22-16)15-8-6-5-7-9-15/h5-9,14,17H,3-4,10-13H2,1-2H3,(H,20,21). The average Bonchev–Trinajstić information content (AvgIpc) is 3.15. The molecule has 1 aromatic heterocycles. The third kappa shape index (κ3) is 4.78. The van der Waals surface area contributed by atoms with E-state index in [0.717, 1.165) is 42.6 Å². The molecule has 1 aliphatic rings. The molecular formula is C19H26N4OS. The summed E-state index contributed by atoms with van der Waals surface area (Å²) in [5, 5.41) is 4.10. The molecule has 1 N–H and O–H groups in total. The van der Waals surface area contributed by atoms with E-state index in [1.807, 2.05) is 30.3 Å². The number of guanidine groups is 1. The van der Waals surface area contributed by atoms with Crippen LogP contribution in [0.15, 0.2) is 46.0 Å². The number of thioether (sulfide) groups is 1. The minimum Gasteiger partial charge on any atom is -0.444 e. The Bertz CT molecular complexity index is 686.